The molecule has 0 saturated carbocycles. The van der Waals surface area contributed by atoms with Crippen molar-refractivity contribution in [2.75, 3.05) is 27.8 Å². The standard InChI is InChI=1S/C22H29N3O6/c1-5-9-18(30-4)31-24-21(28)19(20(27)23-2)25(3)22(29)17-13-11-16(12-14-17)10-7-6-8-15-26/h6,8,11-14,18-19,26H,5,9,15H2,1-4H3,(H,23,27)(H,24,28)/b8-6+. The molecule has 0 aromatic heterocycles. The fraction of sp³-hybridized carbons (Fsp3) is 0.409. The topological polar surface area (TPSA) is 117 Å². The average Bonchev–Trinajstić information content (AvgIpc) is 2.79. The normalized spacial score (nSPS) is 12.4. The maximum atomic E-state index is 12.8. The summed E-state index contributed by atoms with van der Waals surface area (Å²) >= 11 is 0. The third-order valence-electron chi connectivity index (χ3n) is 4.18. The summed E-state index contributed by atoms with van der Waals surface area (Å²) in [6, 6.07) is 4.95. The van der Waals surface area contributed by atoms with Crippen LogP contribution in [0.25, 0.3) is 0 Å². The zero-order valence-electron chi connectivity index (χ0n) is 18.2. The molecule has 1 rings (SSSR count). The van der Waals surface area contributed by atoms with Crippen molar-refractivity contribution in [2.45, 2.75) is 32.1 Å². The van der Waals surface area contributed by atoms with Crippen molar-refractivity contribution in [1.82, 2.24) is 15.7 Å². The lowest BCUT2D eigenvalue weighted by Crippen LogP contribution is -2.55. The molecule has 0 saturated heterocycles. The van der Waals surface area contributed by atoms with Gasteiger partial charge in [-0.1, -0.05) is 31.3 Å². The maximum Gasteiger partial charge on any atom is 0.276 e. The molecule has 2 atom stereocenters. The number of rotatable bonds is 10. The van der Waals surface area contributed by atoms with Crippen molar-refractivity contribution >= 4 is 17.7 Å². The summed E-state index contributed by atoms with van der Waals surface area (Å²) in [5.41, 5.74) is 3.15. The minimum Gasteiger partial charge on any atom is -0.392 e. The highest BCUT2D eigenvalue weighted by Crippen LogP contribution is 2.10. The quantitative estimate of drug-likeness (QED) is 0.216. The van der Waals surface area contributed by atoms with Gasteiger partial charge in [-0.05, 0) is 30.3 Å². The van der Waals surface area contributed by atoms with E-state index in [4.69, 9.17) is 14.7 Å². The van der Waals surface area contributed by atoms with Crippen molar-refractivity contribution < 1.29 is 29.1 Å². The zero-order valence-corrected chi connectivity index (χ0v) is 18.2. The molecule has 0 aliphatic carbocycles. The second-order valence-corrected chi connectivity index (χ2v) is 6.40. The molecule has 0 radical (unpaired) electrons. The number of benzene rings is 1. The SMILES string of the molecule is CCCC(OC)ONC(=O)C(C(=O)NC)N(C)C(=O)c1ccc(C#C/C=C/CO)cc1. The van der Waals surface area contributed by atoms with Gasteiger partial charge in [0.2, 0.25) is 0 Å². The number of hydrogen-bond acceptors (Lipinski definition) is 6. The Hall–Kier alpha value is -3.19. The first-order valence-electron chi connectivity index (χ1n) is 9.74. The summed E-state index contributed by atoms with van der Waals surface area (Å²) in [5, 5.41) is 11.1. The third-order valence-corrected chi connectivity index (χ3v) is 4.18. The van der Waals surface area contributed by atoms with Gasteiger partial charge in [0.1, 0.15) is 0 Å². The average molecular weight is 431 g/mol. The van der Waals surface area contributed by atoms with Crippen LogP contribution >= 0.6 is 0 Å². The number of hydrogen-bond donors (Lipinski definition) is 3. The molecule has 9 heteroatoms. The molecule has 3 N–H and O–H groups in total. The van der Waals surface area contributed by atoms with Gasteiger partial charge in [0.15, 0.2) is 12.3 Å². The minimum atomic E-state index is -1.44. The highest BCUT2D eigenvalue weighted by atomic mass is 16.8. The fourth-order valence-electron chi connectivity index (χ4n) is 2.50. The second kappa shape index (κ2) is 13.9. The molecule has 9 nitrogen and oxygen atoms in total. The minimum absolute atomic E-state index is 0.0930. The van der Waals surface area contributed by atoms with Crippen LogP contribution in [0.5, 0.6) is 0 Å². The van der Waals surface area contributed by atoms with Crippen LogP contribution in [0, 0.1) is 11.8 Å². The van der Waals surface area contributed by atoms with Crippen LogP contribution in [-0.2, 0) is 19.2 Å². The number of methoxy groups -OCH3 is 1. The number of allylic oxidation sites excluding steroid dienone is 1. The Bertz CT molecular complexity index is 826. The van der Waals surface area contributed by atoms with E-state index in [1.165, 1.54) is 33.4 Å². The number of nitrogens with zero attached hydrogens (tertiary/aromatic N) is 1. The lowest BCUT2D eigenvalue weighted by molar-refractivity contribution is -0.182. The number of carbonyl (C=O) groups is 3. The number of ether oxygens (including phenoxy) is 1. The number of likely N-dealkylation sites (N-methyl/N-ethyl adjacent to an activating group) is 2. The molecule has 0 aliphatic rings. The summed E-state index contributed by atoms with van der Waals surface area (Å²) in [7, 11) is 4.17. The van der Waals surface area contributed by atoms with E-state index in [1.54, 1.807) is 24.3 Å². The van der Waals surface area contributed by atoms with E-state index >= 15 is 0 Å². The van der Waals surface area contributed by atoms with Gasteiger partial charge >= 0.3 is 0 Å². The van der Waals surface area contributed by atoms with Gasteiger partial charge in [-0.25, -0.2) is 10.3 Å². The highest BCUT2D eigenvalue weighted by molar-refractivity contribution is 6.08. The second-order valence-electron chi connectivity index (χ2n) is 6.40. The van der Waals surface area contributed by atoms with Crippen LogP contribution in [0.3, 0.4) is 0 Å². The number of aliphatic hydroxyl groups excluding tert-OH is 1. The van der Waals surface area contributed by atoms with Crippen LogP contribution in [0.1, 0.15) is 35.7 Å². The lowest BCUT2D eigenvalue weighted by Gasteiger charge is -2.26. The summed E-state index contributed by atoms with van der Waals surface area (Å²) in [6.45, 7) is 1.84. The van der Waals surface area contributed by atoms with Crippen LogP contribution in [0.15, 0.2) is 36.4 Å². The first kappa shape index (κ1) is 25.8. The fourth-order valence-corrected chi connectivity index (χ4v) is 2.50. The van der Waals surface area contributed by atoms with Crippen molar-refractivity contribution in [3.8, 4) is 11.8 Å². The number of amides is 3. The van der Waals surface area contributed by atoms with E-state index in [2.05, 4.69) is 22.6 Å². The molecular formula is C22H29N3O6. The number of carbonyl (C=O) groups excluding carboxylic acids is 3. The molecule has 2 unspecified atom stereocenters. The third kappa shape index (κ3) is 8.22. The van der Waals surface area contributed by atoms with E-state index in [9.17, 15) is 14.4 Å². The van der Waals surface area contributed by atoms with E-state index in [0.717, 1.165) is 11.3 Å². The molecule has 0 fully saturated rings. The van der Waals surface area contributed by atoms with Gasteiger partial charge in [0.25, 0.3) is 17.7 Å². The van der Waals surface area contributed by atoms with Gasteiger partial charge in [0, 0.05) is 38.8 Å². The molecule has 31 heavy (non-hydrogen) atoms. The Morgan fingerprint density at radius 2 is 1.90 bits per heavy atom. The Morgan fingerprint density at radius 1 is 1.23 bits per heavy atom. The number of nitrogens with one attached hydrogen (secondary N) is 2. The Morgan fingerprint density at radius 3 is 2.45 bits per heavy atom. The first-order chi connectivity index (χ1) is 14.9. The molecule has 1 aromatic carbocycles. The maximum absolute atomic E-state index is 12.8. The smallest absolute Gasteiger partial charge is 0.276 e. The molecule has 0 aliphatic heterocycles. The van der Waals surface area contributed by atoms with Crippen LogP contribution in [0.4, 0.5) is 0 Å². The van der Waals surface area contributed by atoms with Gasteiger partial charge in [-0.2, -0.15) is 0 Å². The van der Waals surface area contributed by atoms with Gasteiger partial charge in [-0.3, -0.25) is 14.4 Å². The largest absolute Gasteiger partial charge is 0.392 e. The van der Waals surface area contributed by atoms with E-state index in [-0.39, 0.29) is 12.2 Å². The Labute approximate surface area is 182 Å². The molecule has 1 aromatic rings. The zero-order chi connectivity index (χ0) is 23.2. The molecule has 168 valence electrons. The van der Waals surface area contributed by atoms with E-state index in [1.807, 2.05) is 6.92 Å². The summed E-state index contributed by atoms with van der Waals surface area (Å²) in [4.78, 5) is 44.0. The number of aliphatic hydroxyl groups is 1. The van der Waals surface area contributed by atoms with Crippen molar-refractivity contribution in [3.05, 3.63) is 47.5 Å². The Balaban J connectivity index is 2.93. The molecular weight excluding hydrogens is 402 g/mol. The highest BCUT2D eigenvalue weighted by Gasteiger charge is 2.34. The van der Waals surface area contributed by atoms with Crippen LogP contribution in [0.2, 0.25) is 0 Å². The summed E-state index contributed by atoms with van der Waals surface area (Å²) in [6.07, 6.45) is 3.67. The first-order valence-corrected chi connectivity index (χ1v) is 9.74. The Kier molecular flexibility index (Phi) is 11.6. The number of hydroxylamine groups is 1. The predicted octanol–water partition coefficient (Wildman–Crippen LogP) is 0.594. The van der Waals surface area contributed by atoms with Crippen LogP contribution in [-0.4, -0.2) is 67.9 Å². The van der Waals surface area contributed by atoms with Gasteiger partial charge in [0.05, 0.1) is 6.61 Å². The van der Waals surface area contributed by atoms with Crippen molar-refractivity contribution in [2.24, 2.45) is 0 Å². The van der Waals surface area contributed by atoms with Gasteiger partial charge < -0.3 is 20.1 Å². The molecule has 0 spiro atoms. The molecule has 0 bridgehead atoms. The molecule has 3 amide bonds. The lowest BCUT2D eigenvalue weighted by atomic mass is 10.1. The van der Waals surface area contributed by atoms with Crippen molar-refractivity contribution in [1.29, 1.82) is 0 Å². The summed E-state index contributed by atoms with van der Waals surface area (Å²) < 4.78 is 5.09. The van der Waals surface area contributed by atoms with E-state index < -0.39 is 30.1 Å². The van der Waals surface area contributed by atoms with Crippen LogP contribution < -0.4 is 10.8 Å². The summed E-state index contributed by atoms with van der Waals surface area (Å²) in [5.74, 6) is 3.61. The van der Waals surface area contributed by atoms with Gasteiger partial charge in [-0.15, -0.1) is 0 Å². The van der Waals surface area contributed by atoms with E-state index in [0.29, 0.717) is 12.0 Å². The van der Waals surface area contributed by atoms with Crippen molar-refractivity contribution in [3.63, 3.8) is 0 Å². The predicted molar refractivity (Wildman–Crippen MR) is 114 cm³/mol. The monoisotopic (exact) mass is 431 g/mol. The molecule has 0 heterocycles.